The third kappa shape index (κ3) is 4.34. The number of carbonyl (C=O) groups excluding carboxylic acids is 1. The maximum atomic E-state index is 12.4. The van der Waals surface area contributed by atoms with E-state index >= 15 is 0 Å². The molecule has 1 saturated carbocycles. The van der Waals surface area contributed by atoms with Gasteiger partial charge in [-0.3, -0.25) is 4.98 Å². The van der Waals surface area contributed by atoms with Crippen LogP contribution in [0.4, 0.5) is 5.69 Å². The number of hydrogen-bond donors (Lipinski definition) is 0. The molecule has 0 atom stereocenters. The van der Waals surface area contributed by atoms with Crippen molar-refractivity contribution in [2.24, 2.45) is 0 Å². The molecule has 0 spiro atoms. The van der Waals surface area contributed by atoms with Gasteiger partial charge in [0.15, 0.2) is 0 Å². The molecule has 0 saturated heterocycles. The van der Waals surface area contributed by atoms with Crippen LogP contribution in [0.1, 0.15) is 63.5 Å². The average molecular weight is 413 g/mol. The molecular weight excluding hydrogens is 384 g/mol. The number of fused-ring (bicyclic) bond motifs is 1. The monoisotopic (exact) mass is 412 g/mol. The highest BCUT2D eigenvalue weighted by atomic mass is 16.5. The fourth-order valence-electron chi connectivity index (χ4n) is 4.58. The Kier molecular flexibility index (Phi) is 5.46. The van der Waals surface area contributed by atoms with Crippen molar-refractivity contribution in [3.8, 4) is 0 Å². The van der Waals surface area contributed by atoms with E-state index in [1.807, 2.05) is 12.3 Å². The predicted molar refractivity (Wildman–Crippen MR) is 123 cm³/mol. The Balaban J connectivity index is 1.39. The number of carbonyl (C=O) groups is 1. The fourth-order valence-corrected chi connectivity index (χ4v) is 4.58. The summed E-state index contributed by atoms with van der Waals surface area (Å²) in [6.45, 7) is 2.02. The minimum atomic E-state index is -0.294. The van der Waals surface area contributed by atoms with Gasteiger partial charge in [-0.2, -0.15) is 0 Å². The number of aryl methyl sites for hydroxylation is 1. The lowest BCUT2D eigenvalue weighted by Crippen LogP contribution is -2.28. The second-order valence-corrected chi connectivity index (χ2v) is 8.68. The number of benzene rings is 2. The number of pyridine rings is 1. The summed E-state index contributed by atoms with van der Waals surface area (Å²) in [5, 5.41) is 0. The number of hydrogen-bond acceptors (Lipinski definition) is 4. The zero-order chi connectivity index (χ0) is 21.2. The molecule has 2 aromatic carbocycles. The van der Waals surface area contributed by atoms with E-state index in [4.69, 9.17) is 4.74 Å². The lowest BCUT2D eigenvalue weighted by atomic mass is 9.95. The highest BCUT2D eigenvalue weighted by Gasteiger charge is 2.26. The summed E-state index contributed by atoms with van der Waals surface area (Å²) >= 11 is 0. The van der Waals surface area contributed by atoms with Gasteiger partial charge >= 0.3 is 5.97 Å². The highest BCUT2D eigenvalue weighted by molar-refractivity contribution is 5.90. The van der Waals surface area contributed by atoms with Crippen molar-refractivity contribution in [3.63, 3.8) is 0 Å². The van der Waals surface area contributed by atoms with Crippen molar-refractivity contribution in [1.29, 1.82) is 0 Å². The molecule has 0 unspecified atom stereocenters. The van der Waals surface area contributed by atoms with Crippen molar-refractivity contribution >= 4 is 11.7 Å². The molecule has 0 radical (unpaired) electrons. The van der Waals surface area contributed by atoms with Crippen molar-refractivity contribution in [2.75, 3.05) is 18.6 Å². The van der Waals surface area contributed by atoms with E-state index in [-0.39, 0.29) is 5.97 Å². The predicted octanol–water partition coefficient (Wildman–Crippen LogP) is 5.29. The van der Waals surface area contributed by atoms with Crippen LogP contribution in [0.25, 0.3) is 0 Å². The van der Waals surface area contributed by atoms with Crippen molar-refractivity contribution < 1.29 is 9.53 Å². The first kappa shape index (κ1) is 19.8. The number of anilines is 1. The van der Waals surface area contributed by atoms with Gasteiger partial charge in [-0.1, -0.05) is 42.5 Å². The van der Waals surface area contributed by atoms with E-state index < -0.39 is 0 Å². The molecule has 0 bridgehead atoms. The third-order valence-corrected chi connectivity index (χ3v) is 6.39. The first-order valence-electron chi connectivity index (χ1n) is 11.2. The molecule has 1 aliphatic heterocycles. The lowest BCUT2D eigenvalue weighted by Gasteiger charge is -2.32. The smallest absolute Gasteiger partial charge is 0.339 e. The van der Waals surface area contributed by atoms with Gasteiger partial charge in [0, 0.05) is 31.4 Å². The van der Waals surface area contributed by atoms with Crippen LogP contribution in [-0.4, -0.2) is 24.6 Å². The number of ether oxygens (including phenoxy) is 1. The van der Waals surface area contributed by atoms with Gasteiger partial charge in [0.2, 0.25) is 0 Å². The van der Waals surface area contributed by atoms with Crippen LogP contribution < -0.4 is 4.90 Å². The first-order valence-corrected chi connectivity index (χ1v) is 11.2. The Bertz CT molecular complexity index is 1090. The normalized spacial score (nSPS) is 15.5. The van der Waals surface area contributed by atoms with Crippen molar-refractivity contribution in [2.45, 2.75) is 44.6 Å². The van der Waals surface area contributed by atoms with Crippen LogP contribution in [0.15, 0.2) is 60.8 Å². The van der Waals surface area contributed by atoms with E-state index in [0.717, 1.165) is 37.2 Å². The molecule has 4 heteroatoms. The summed E-state index contributed by atoms with van der Waals surface area (Å²) in [5.74, 6) is 0.265. The molecule has 0 N–H and O–H groups in total. The molecule has 0 amide bonds. The molecule has 5 rings (SSSR count). The molecule has 31 heavy (non-hydrogen) atoms. The van der Waals surface area contributed by atoms with Crippen LogP contribution in [0.5, 0.6) is 0 Å². The molecule has 1 aromatic heterocycles. The lowest BCUT2D eigenvalue weighted by molar-refractivity contribution is 0.0599. The fraction of sp³-hybridized carbons (Fsp3) is 0.333. The standard InChI is InChI=1S/C27H28N2O2/c1-31-27(30)24-16-23(21-10-11-21)17-28-25(24)15-20-9-12-26-22(14-20)8-5-13-29(26)18-19-6-3-2-4-7-19/h2-4,6-7,9,12,14,16-17,21H,5,8,10-11,13,15,18H2,1H3. The molecule has 3 aromatic rings. The van der Waals surface area contributed by atoms with Gasteiger partial charge in [0.1, 0.15) is 0 Å². The second kappa shape index (κ2) is 8.54. The summed E-state index contributed by atoms with van der Waals surface area (Å²) < 4.78 is 5.05. The van der Waals surface area contributed by atoms with Gasteiger partial charge in [0.25, 0.3) is 0 Å². The van der Waals surface area contributed by atoms with Crippen LogP contribution in [0, 0.1) is 0 Å². The zero-order valence-corrected chi connectivity index (χ0v) is 18.0. The minimum Gasteiger partial charge on any atom is -0.465 e. The summed E-state index contributed by atoms with van der Waals surface area (Å²) in [6.07, 6.45) is 7.20. The van der Waals surface area contributed by atoms with Gasteiger partial charge < -0.3 is 9.64 Å². The molecule has 1 fully saturated rings. The number of methoxy groups -OCH3 is 1. The number of esters is 1. The Labute approximate surface area is 183 Å². The Morgan fingerprint density at radius 2 is 1.94 bits per heavy atom. The largest absolute Gasteiger partial charge is 0.465 e. The summed E-state index contributed by atoms with van der Waals surface area (Å²) in [7, 11) is 1.44. The van der Waals surface area contributed by atoms with Crippen molar-refractivity contribution in [3.05, 3.63) is 94.3 Å². The molecule has 2 aliphatic rings. The molecule has 2 heterocycles. The number of rotatable bonds is 6. The quantitative estimate of drug-likeness (QED) is 0.516. The topological polar surface area (TPSA) is 42.4 Å². The van der Waals surface area contributed by atoms with E-state index in [9.17, 15) is 4.79 Å². The van der Waals surface area contributed by atoms with E-state index in [0.29, 0.717) is 17.9 Å². The van der Waals surface area contributed by atoms with Gasteiger partial charge in [-0.05, 0) is 66.0 Å². The number of aromatic nitrogens is 1. The van der Waals surface area contributed by atoms with Crippen LogP contribution in [-0.2, 0) is 24.1 Å². The summed E-state index contributed by atoms with van der Waals surface area (Å²) in [4.78, 5) is 19.5. The van der Waals surface area contributed by atoms with Gasteiger partial charge in [-0.15, -0.1) is 0 Å². The SMILES string of the molecule is COC(=O)c1cc(C2CC2)cnc1Cc1ccc2c(c1)CCCN2Cc1ccccc1. The molecule has 158 valence electrons. The Morgan fingerprint density at radius 3 is 2.71 bits per heavy atom. The van der Waals surface area contributed by atoms with E-state index in [2.05, 4.69) is 58.4 Å². The van der Waals surface area contributed by atoms with Gasteiger partial charge in [-0.25, -0.2) is 4.79 Å². The molecular formula is C27H28N2O2. The minimum absolute atomic E-state index is 0.294. The van der Waals surface area contributed by atoms with Crippen LogP contribution in [0.3, 0.4) is 0 Å². The van der Waals surface area contributed by atoms with Gasteiger partial charge in [0.05, 0.1) is 18.4 Å². The maximum Gasteiger partial charge on any atom is 0.339 e. The molecule has 1 aliphatic carbocycles. The third-order valence-electron chi connectivity index (χ3n) is 6.39. The molecule has 4 nitrogen and oxygen atoms in total. The van der Waals surface area contributed by atoms with Crippen molar-refractivity contribution in [1.82, 2.24) is 4.98 Å². The Morgan fingerprint density at radius 1 is 1.10 bits per heavy atom. The van der Waals surface area contributed by atoms with Crippen LogP contribution >= 0.6 is 0 Å². The van der Waals surface area contributed by atoms with E-state index in [1.54, 1.807) is 0 Å². The van der Waals surface area contributed by atoms with E-state index in [1.165, 1.54) is 42.3 Å². The first-order chi connectivity index (χ1) is 15.2. The maximum absolute atomic E-state index is 12.4. The Hall–Kier alpha value is -3.14. The van der Waals surface area contributed by atoms with Crippen LogP contribution in [0.2, 0.25) is 0 Å². The second-order valence-electron chi connectivity index (χ2n) is 8.68. The summed E-state index contributed by atoms with van der Waals surface area (Å²) in [6, 6.07) is 19.3. The zero-order valence-electron chi connectivity index (χ0n) is 18.0. The summed E-state index contributed by atoms with van der Waals surface area (Å²) in [5.41, 5.74) is 7.80. The highest BCUT2D eigenvalue weighted by Crippen LogP contribution is 2.40. The number of nitrogens with zero attached hydrogens (tertiary/aromatic N) is 2. The average Bonchev–Trinajstić information content (AvgIpc) is 3.65.